The third kappa shape index (κ3) is 3.85. The zero-order chi connectivity index (χ0) is 13.5. The minimum atomic E-state index is 0.149. The summed E-state index contributed by atoms with van der Waals surface area (Å²) in [5, 5.41) is 8.73. The number of benzene rings is 1. The van der Waals surface area contributed by atoms with E-state index < -0.39 is 0 Å². The van der Waals surface area contributed by atoms with Crippen LogP contribution in [-0.4, -0.2) is 19.7 Å². The van der Waals surface area contributed by atoms with Crippen molar-refractivity contribution in [1.82, 2.24) is 0 Å². The largest absolute Gasteiger partial charge is 0.493 e. The zero-order valence-corrected chi connectivity index (χ0v) is 11.3. The molecule has 1 unspecified atom stereocenters. The molecule has 0 saturated carbocycles. The van der Waals surface area contributed by atoms with E-state index in [4.69, 9.17) is 15.7 Å². The second-order valence-corrected chi connectivity index (χ2v) is 4.43. The Bertz CT molecular complexity index is 426. The van der Waals surface area contributed by atoms with Crippen molar-refractivity contribution in [3.05, 3.63) is 18.2 Å². The number of nitriles is 1. The molecule has 0 bridgehead atoms. The summed E-state index contributed by atoms with van der Waals surface area (Å²) >= 11 is 0. The number of nitrogen functional groups attached to an aromatic ring is 1. The van der Waals surface area contributed by atoms with Crippen LogP contribution in [0, 0.1) is 11.3 Å². The number of anilines is 2. The summed E-state index contributed by atoms with van der Waals surface area (Å²) in [6.45, 7) is 4.76. The number of nitrogens with two attached hydrogens (primary N) is 1. The molecule has 0 heterocycles. The Morgan fingerprint density at radius 1 is 1.44 bits per heavy atom. The third-order valence-electron chi connectivity index (χ3n) is 2.84. The smallest absolute Gasteiger partial charge is 0.123 e. The molecule has 0 aliphatic heterocycles. The Balaban J connectivity index is 2.88. The number of ether oxygens (including phenoxy) is 1. The molecule has 0 aliphatic carbocycles. The quantitative estimate of drug-likeness (QED) is 0.785. The fourth-order valence-corrected chi connectivity index (χ4v) is 1.64. The first-order valence-electron chi connectivity index (χ1n) is 6.21. The summed E-state index contributed by atoms with van der Waals surface area (Å²) in [6, 6.07) is 8.00. The van der Waals surface area contributed by atoms with Gasteiger partial charge in [0.05, 0.1) is 19.1 Å². The molecule has 2 N–H and O–H groups in total. The van der Waals surface area contributed by atoms with Crippen LogP contribution < -0.4 is 15.4 Å². The summed E-state index contributed by atoms with van der Waals surface area (Å²) in [6.07, 6.45) is 1.45. The molecule has 18 heavy (non-hydrogen) atoms. The topological polar surface area (TPSA) is 62.3 Å². The molecule has 0 fully saturated rings. The van der Waals surface area contributed by atoms with Gasteiger partial charge in [-0.1, -0.05) is 6.92 Å². The highest BCUT2D eigenvalue weighted by molar-refractivity contribution is 5.60. The highest BCUT2D eigenvalue weighted by atomic mass is 16.5. The van der Waals surface area contributed by atoms with Crippen LogP contribution in [-0.2, 0) is 0 Å². The second kappa shape index (κ2) is 6.75. The number of nitrogens with zero attached hydrogens (tertiary/aromatic N) is 2. The molecule has 4 heteroatoms. The first-order valence-corrected chi connectivity index (χ1v) is 6.21. The average molecular weight is 247 g/mol. The van der Waals surface area contributed by atoms with Gasteiger partial charge in [0.1, 0.15) is 5.75 Å². The Hall–Kier alpha value is -1.89. The van der Waals surface area contributed by atoms with E-state index in [-0.39, 0.29) is 6.04 Å². The van der Waals surface area contributed by atoms with Gasteiger partial charge in [-0.2, -0.15) is 5.26 Å². The van der Waals surface area contributed by atoms with E-state index in [0.29, 0.717) is 18.7 Å². The lowest BCUT2D eigenvalue weighted by atomic mass is 10.2. The first kappa shape index (κ1) is 14.2. The van der Waals surface area contributed by atoms with Crippen molar-refractivity contribution in [2.24, 2.45) is 0 Å². The van der Waals surface area contributed by atoms with Crippen LogP contribution in [0.15, 0.2) is 18.2 Å². The predicted octanol–water partition coefficient (Wildman–Crippen LogP) is 2.80. The van der Waals surface area contributed by atoms with Crippen molar-refractivity contribution in [1.29, 1.82) is 5.26 Å². The summed E-state index contributed by atoms with van der Waals surface area (Å²) < 4.78 is 5.59. The minimum Gasteiger partial charge on any atom is -0.493 e. The van der Waals surface area contributed by atoms with Crippen molar-refractivity contribution in [2.75, 3.05) is 24.3 Å². The molecule has 0 spiro atoms. The Morgan fingerprint density at radius 2 is 2.17 bits per heavy atom. The van der Waals surface area contributed by atoms with Crippen LogP contribution >= 0.6 is 0 Å². The van der Waals surface area contributed by atoms with Gasteiger partial charge in [-0.25, -0.2) is 0 Å². The van der Waals surface area contributed by atoms with Crippen molar-refractivity contribution in [3.8, 4) is 11.8 Å². The van der Waals surface area contributed by atoms with Crippen molar-refractivity contribution in [3.63, 3.8) is 0 Å². The van der Waals surface area contributed by atoms with Crippen molar-refractivity contribution in [2.45, 2.75) is 32.7 Å². The van der Waals surface area contributed by atoms with Gasteiger partial charge in [0.15, 0.2) is 0 Å². The van der Waals surface area contributed by atoms with Crippen LogP contribution in [0.5, 0.6) is 5.75 Å². The summed E-state index contributed by atoms with van der Waals surface area (Å²) in [5.74, 6) is 0.780. The summed E-state index contributed by atoms with van der Waals surface area (Å²) in [4.78, 5) is 2.04. The van der Waals surface area contributed by atoms with Gasteiger partial charge >= 0.3 is 0 Å². The van der Waals surface area contributed by atoms with E-state index >= 15 is 0 Å². The van der Waals surface area contributed by atoms with Crippen molar-refractivity contribution >= 4 is 11.4 Å². The standard InChI is InChI=1S/C14H21N3O/c1-4-7-18-14-9-12(16)8-13(10-14)17(3)11(2)5-6-15/h8-11H,4-5,7,16H2,1-3H3. The maximum atomic E-state index is 8.73. The fraction of sp³-hybridized carbons (Fsp3) is 0.500. The minimum absolute atomic E-state index is 0.149. The van der Waals surface area contributed by atoms with Crippen LogP contribution in [0.1, 0.15) is 26.7 Å². The molecule has 0 aromatic heterocycles. The third-order valence-corrected chi connectivity index (χ3v) is 2.84. The van der Waals surface area contributed by atoms with Gasteiger partial charge in [0.25, 0.3) is 0 Å². The van der Waals surface area contributed by atoms with E-state index in [2.05, 4.69) is 13.0 Å². The summed E-state index contributed by atoms with van der Waals surface area (Å²) in [7, 11) is 1.96. The lowest BCUT2D eigenvalue weighted by molar-refractivity contribution is 0.317. The Labute approximate surface area is 109 Å². The maximum absolute atomic E-state index is 8.73. The highest BCUT2D eigenvalue weighted by Gasteiger charge is 2.11. The van der Waals surface area contributed by atoms with E-state index in [9.17, 15) is 0 Å². The summed E-state index contributed by atoms with van der Waals surface area (Å²) in [5.41, 5.74) is 7.52. The molecule has 0 amide bonds. The van der Waals surface area contributed by atoms with Crippen LogP contribution in [0.2, 0.25) is 0 Å². The number of rotatable bonds is 6. The van der Waals surface area contributed by atoms with Crippen LogP contribution in [0.3, 0.4) is 0 Å². The molecule has 4 nitrogen and oxygen atoms in total. The highest BCUT2D eigenvalue weighted by Crippen LogP contribution is 2.26. The molecule has 1 aromatic rings. The monoisotopic (exact) mass is 247 g/mol. The molecule has 0 aliphatic rings. The SMILES string of the molecule is CCCOc1cc(N)cc(N(C)C(C)CC#N)c1. The molecule has 0 radical (unpaired) electrons. The Kier molecular flexibility index (Phi) is 5.31. The maximum Gasteiger partial charge on any atom is 0.123 e. The van der Waals surface area contributed by atoms with Gasteiger partial charge in [-0.15, -0.1) is 0 Å². The second-order valence-electron chi connectivity index (χ2n) is 4.43. The normalized spacial score (nSPS) is 11.7. The van der Waals surface area contributed by atoms with E-state index in [1.54, 1.807) is 0 Å². The first-order chi connectivity index (χ1) is 8.58. The molecular formula is C14H21N3O. The fourth-order valence-electron chi connectivity index (χ4n) is 1.64. The van der Waals surface area contributed by atoms with E-state index in [1.807, 2.05) is 37.1 Å². The van der Waals surface area contributed by atoms with Gasteiger partial charge < -0.3 is 15.4 Å². The average Bonchev–Trinajstić information content (AvgIpc) is 2.35. The van der Waals surface area contributed by atoms with Crippen molar-refractivity contribution < 1.29 is 4.74 Å². The number of hydrogen-bond acceptors (Lipinski definition) is 4. The molecule has 1 atom stereocenters. The molecule has 0 saturated heterocycles. The predicted molar refractivity (Wildman–Crippen MR) is 74.7 cm³/mol. The molecular weight excluding hydrogens is 226 g/mol. The van der Waals surface area contributed by atoms with E-state index in [1.165, 1.54) is 0 Å². The molecule has 98 valence electrons. The zero-order valence-electron chi connectivity index (χ0n) is 11.3. The molecule has 1 rings (SSSR count). The van der Waals surface area contributed by atoms with Gasteiger partial charge in [0.2, 0.25) is 0 Å². The van der Waals surface area contributed by atoms with Crippen LogP contribution in [0.4, 0.5) is 11.4 Å². The van der Waals surface area contributed by atoms with Gasteiger partial charge in [0, 0.05) is 36.6 Å². The lowest BCUT2D eigenvalue weighted by Crippen LogP contribution is -2.28. The van der Waals surface area contributed by atoms with E-state index in [0.717, 1.165) is 17.9 Å². The lowest BCUT2D eigenvalue weighted by Gasteiger charge is -2.26. The van der Waals surface area contributed by atoms with Gasteiger partial charge in [-0.3, -0.25) is 0 Å². The van der Waals surface area contributed by atoms with Gasteiger partial charge in [-0.05, 0) is 19.4 Å². The van der Waals surface area contributed by atoms with Crippen LogP contribution in [0.25, 0.3) is 0 Å². The molecule has 1 aromatic carbocycles. The number of hydrogen-bond donors (Lipinski definition) is 1. The Morgan fingerprint density at radius 3 is 2.78 bits per heavy atom.